The second-order valence-electron chi connectivity index (χ2n) is 4.43. The van der Waals surface area contributed by atoms with E-state index >= 15 is 0 Å². The molecule has 5 heteroatoms. The minimum absolute atomic E-state index is 0.0782. The molecule has 2 rings (SSSR count). The zero-order valence-corrected chi connectivity index (χ0v) is 15.6. The molecular weight excluding hydrogens is 455 g/mol. The van der Waals surface area contributed by atoms with Gasteiger partial charge in [0.2, 0.25) is 0 Å². The molecule has 0 fully saturated rings. The van der Waals surface area contributed by atoms with E-state index in [1.807, 2.05) is 19.1 Å². The molecule has 1 unspecified atom stereocenters. The van der Waals surface area contributed by atoms with E-state index in [-0.39, 0.29) is 10.6 Å². The van der Waals surface area contributed by atoms with E-state index in [9.17, 15) is 4.39 Å². The van der Waals surface area contributed by atoms with Gasteiger partial charge < -0.3 is 4.74 Å². The molecule has 1 atom stereocenters. The first kappa shape index (κ1) is 16.0. The Balaban J connectivity index is 2.52. The number of rotatable bonds is 3. The molecule has 0 N–H and O–H groups in total. The fraction of sp³-hybridized carbons (Fsp3) is 0.200. The van der Waals surface area contributed by atoms with E-state index < -0.39 is 0 Å². The molecule has 0 bridgehead atoms. The topological polar surface area (TPSA) is 9.23 Å². The SMILES string of the molecule is COc1cc(F)c(Br)cc1C(Br)c1cc(C)cc(Br)c1. The summed E-state index contributed by atoms with van der Waals surface area (Å²) in [5.41, 5.74) is 3.10. The van der Waals surface area contributed by atoms with Crippen LogP contribution in [0, 0.1) is 12.7 Å². The summed E-state index contributed by atoms with van der Waals surface area (Å²) >= 11 is 10.4. The van der Waals surface area contributed by atoms with Crippen molar-refractivity contribution in [2.75, 3.05) is 7.11 Å². The third-order valence-corrected chi connectivity index (χ3v) is 4.99. The number of benzene rings is 2. The molecule has 0 aliphatic heterocycles. The molecule has 0 radical (unpaired) electrons. The van der Waals surface area contributed by atoms with Crippen LogP contribution in [-0.2, 0) is 0 Å². The van der Waals surface area contributed by atoms with E-state index in [0.29, 0.717) is 10.2 Å². The van der Waals surface area contributed by atoms with Gasteiger partial charge in [-0.1, -0.05) is 37.9 Å². The van der Waals surface area contributed by atoms with Gasteiger partial charge in [0.15, 0.2) is 0 Å². The molecule has 106 valence electrons. The lowest BCUT2D eigenvalue weighted by Gasteiger charge is -2.16. The molecule has 0 aliphatic rings. The van der Waals surface area contributed by atoms with Gasteiger partial charge in [0.1, 0.15) is 11.6 Å². The average Bonchev–Trinajstić information content (AvgIpc) is 2.39. The predicted octanol–water partition coefficient (Wildman–Crippen LogP) is 6.15. The second kappa shape index (κ2) is 6.58. The number of aryl methyl sites for hydroxylation is 1. The number of alkyl halides is 1. The van der Waals surface area contributed by atoms with Crippen LogP contribution >= 0.6 is 47.8 Å². The molecule has 0 aromatic heterocycles. The quantitative estimate of drug-likeness (QED) is 0.493. The van der Waals surface area contributed by atoms with Crippen LogP contribution in [0.5, 0.6) is 5.75 Å². The molecule has 2 aromatic carbocycles. The molecule has 1 nitrogen and oxygen atoms in total. The Bertz CT molecular complexity index is 623. The van der Waals surface area contributed by atoms with E-state index in [2.05, 4.69) is 53.9 Å². The van der Waals surface area contributed by atoms with Crippen LogP contribution in [0.4, 0.5) is 4.39 Å². The van der Waals surface area contributed by atoms with E-state index in [1.54, 1.807) is 6.07 Å². The summed E-state index contributed by atoms with van der Waals surface area (Å²) in [6.07, 6.45) is 0. The van der Waals surface area contributed by atoms with Crippen molar-refractivity contribution in [1.29, 1.82) is 0 Å². The van der Waals surface area contributed by atoms with Crippen molar-refractivity contribution < 1.29 is 9.13 Å². The lowest BCUT2D eigenvalue weighted by Crippen LogP contribution is -1.99. The third-order valence-electron chi connectivity index (χ3n) is 2.90. The highest BCUT2D eigenvalue weighted by atomic mass is 79.9. The Morgan fingerprint density at radius 2 is 1.80 bits per heavy atom. The van der Waals surface area contributed by atoms with Gasteiger partial charge in [-0.2, -0.15) is 0 Å². The molecular formula is C15H12Br3FO. The summed E-state index contributed by atoms with van der Waals surface area (Å²) in [5, 5.41) is 0. The number of halogens is 4. The Hall–Kier alpha value is -0.390. The third kappa shape index (κ3) is 3.43. The maximum Gasteiger partial charge on any atom is 0.141 e. The lowest BCUT2D eigenvalue weighted by molar-refractivity contribution is 0.406. The molecule has 20 heavy (non-hydrogen) atoms. The van der Waals surface area contributed by atoms with Crippen LogP contribution in [0.2, 0.25) is 0 Å². The van der Waals surface area contributed by atoms with Crippen LogP contribution in [0.3, 0.4) is 0 Å². The van der Waals surface area contributed by atoms with Gasteiger partial charge in [0, 0.05) is 16.1 Å². The van der Waals surface area contributed by atoms with Crippen LogP contribution in [-0.4, -0.2) is 7.11 Å². The first-order valence-corrected chi connectivity index (χ1v) is 8.36. The number of hydrogen-bond donors (Lipinski definition) is 0. The smallest absolute Gasteiger partial charge is 0.141 e. The summed E-state index contributed by atoms with van der Waals surface area (Å²) in [7, 11) is 1.54. The highest BCUT2D eigenvalue weighted by Crippen LogP contribution is 2.40. The van der Waals surface area contributed by atoms with Gasteiger partial charge in [-0.05, 0) is 52.2 Å². The van der Waals surface area contributed by atoms with Crippen molar-refractivity contribution in [1.82, 2.24) is 0 Å². The molecule has 0 aliphatic carbocycles. The average molecular weight is 467 g/mol. The van der Waals surface area contributed by atoms with E-state index in [4.69, 9.17) is 4.74 Å². The van der Waals surface area contributed by atoms with E-state index in [1.165, 1.54) is 13.2 Å². The Labute approximate surface area is 142 Å². The Kier molecular flexibility index (Phi) is 5.26. The monoisotopic (exact) mass is 464 g/mol. The van der Waals surface area contributed by atoms with Gasteiger partial charge in [-0.3, -0.25) is 0 Å². The standard InChI is InChI=1S/C15H12Br3FO/c1-8-3-9(5-10(16)4-8)15(18)11-6-12(17)13(19)7-14(11)20-2/h3-7,15H,1-2H3. The number of ether oxygens (including phenoxy) is 1. The van der Waals surface area contributed by atoms with Crippen LogP contribution in [0.1, 0.15) is 21.5 Å². The first-order chi connectivity index (χ1) is 9.42. The van der Waals surface area contributed by atoms with E-state index in [0.717, 1.165) is 21.2 Å². The predicted molar refractivity (Wildman–Crippen MR) is 90.3 cm³/mol. The van der Waals surface area contributed by atoms with Crippen molar-refractivity contribution in [2.45, 2.75) is 11.8 Å². The van der Waals surface area contributed by atoms with Crippen LogP contribution in [0.25, 0.3) is 0 Å². The van der Waals surface area contributed by atoms with Crippen LogP contribution < -0.4 is 4.74 Å². The normalized spacial score (nSPS) is 12.3. The second-order valence-corrected chi connectivity index (χ2v) is 7.12. The molecule has 0 spiro atoms. The van der Waals surface area contributed by atoms with Gasteiger partial charge in [0.25, 0.3) is 0 Å². The van der Waals surface area contributed by atoms with Gasteiger partial charge in [0.05, 0.1) is 16.4 Å². The Morgan fingerprint density at radius 1 is 1.10 bits per heavy atom. The largest absolute Gasteiger partial charge is 0.496 e. The summed E-state index contributed by atoms with van der Waals surface area (Å²) < 4.78 is 20.3. The van der Waals surface area contributed by atoms with Crippen molar-refractivity contribution in [3.63, 3.8) is 0 Å². The summed E-state index contributed by atoms with van der Waals surface area (Å²) in [6.45, 7) is 2.03. The maximum atomic E-state index is 13.6. The van der Waals surface area contributed by atoms with Crippen LogP contribution in [0.15, 0.2) is 39.3 Å². The Morgan fingerprint density at radius 3 is 2.40 bits per heavy atom. The summed E-state index contributed by atoms with van der Waals surface area (Å²) in [4.78, 5) is -0.0782. The molecule has 0 amide bonds. The summed E-state index contributed by atoms with van der Waals surface area (Å²) in [5.74, 6) is 0.181. The number of hydrogen-bond acceptors (Lipinski definition) is 1. The number of methoxy groups -OCH3 is 1. The molecule has 2 aromatic rings. The fourth-order valence-electron chi connectivity index (χ4n) is 2.01. The molecule has 0 heterocycles. The zero-order chi connectivity index (χ0) is 14.9. The fourth-order valence-corrected chi connectivity index (χ4v) is 3.62. The minimum Gasteiger partial charge on any atom is -0.496 e. The van der Waals surface area contributed by atoms with Crippen molar-refractivity contribution >= 4 is 47.8 Å². The highest BCUT2D eigenvalue weighted by Gasteiger charge is 2.18. The minimum atomic E-state index is -0.337. The zero-order valence-electron chi connectivity index (χ0n) is 10.9. The molecule has 0 saturated carbocycles. The highest BCUT2D eigenvalue weighted by molar-refractivity contribution is 9.11. The maximum absolute atomic E-state index is 13.6. The molecule has 0 saturated heterocycles. The van der Waals surface area contributed by atoms with Gasteiger partial charge >= 0.3 is 0 Å². The van der Waals surface area contributed by atoms with Crippen molar-refractivity contribution in [2.24, 2.45) is 0 Å². The van der Waals surface area contributed by atoms with Gasteiger partial charge in [-0.25, -0.2) is 4.39 Å². The summed E-state index contributed by atoms with van der Waals surface area (Å²) in [6, 6.07) is 9.29. The first-order valence-electron chi connectivity index (χ1n) is 5.86. The van der Waals surface area contributed by atoms with Crippen molar-refractivity contribution in [3.8, 4) is 5.75 Å². The van der Waals surface area contributed by atoms with Gasteiger partial charge in [-0.15, -0.1) is 0 Å². The lowest BCUT2D eigenvalue weighted by atomic mass is 10.0. The van der Waals surface area contributed by atoms with Crippen molar-refractivity contribution in [3.05, 3.63) is 61.8 Å².